The molecule has 0 aliphatic rings. The molecule has 31 heavy (non-hydrogen) atoms. The zero-order valence-corrected chi connectivity index (χ0v) is 16.7. The topological polar surface area (TPSA) is 114 Å². The van der Waals surface area contributed by atoms with Crippen LogP contribution in [0.4, 0.5) is 0 Å². The highest BCUT2D eigenvalue weighted by Gasteiger charge is 2.13. The lowest BCUT2D eigenvalue weighted by Gasteiger charge is -2.17. The maximum atomic E-state index is 12.8. The first-order valence-corrected chi connectivity index (χ1v) is 9.54. The lowest BCUT2D eigenvalue weighted by atomic mass is 10.2. The first-order chi connectivity index (χ1) is 15.1. The highest BCUT2D eigenvalue weighted by atomic mass is 16.5. The van der Waals surface area contributed by atoms with Crippen LogP contribution in [0, 0.1) is 0 Å². The van der Waals surface area contributed by atoms with Gasteiger partial charge in [0.15, 0.2) is 5.82 Å². The van der Waals surface area contributed by atoms with Crippen LogP contribution < -0.4 is 10.5 Å². The molecule has 0 spiro atoms. The number of ether oxygens (including phenoxy) is 1. The molecule has 1 N–H and O–H groups in total. The summed E-state index contributed by atoms with van der Waals surface area (Å²) in [5, 5.41) is 3.65. The lowest BCUT2D eigenvalue weighted by molar-refractivity contribution is 0.0795. The summed E-state index contributed by atoms with van der Waals surface area (Å²) in [7, 11) is 1.74. The number of rotatable bonds is 7. The van der Waals surface area contributed by atoms with E-state index in [1.807, 2.05) is 0 Å². The zero-order valence-electron chi connectivity index (χ0n) is 16.7. The Labute approximate surface area is 177 Å². The number of nitrogens with zero attached hydrogens (tertiary/aromatic N) is 4. The van der Waals surface area contributed by atoms with Gasteiger partial charge in [-0.3, -0.25) is 14.3 Å². The second-order valence-corrected chi connectivity index (χ2v) is 6.74. The molecule has 0 atom stereocenters. The van der Waals surface area contributed by atoms with E-state index in [0.29, 0.717) is 47.2 Å². The maximum Gasteiger partial charge on any atom is 0.439 e. The molecule has 9 nitrogen and oxygen atoms in total. The largest absolute Gasteiger partial charge is 0.457 e. The minimum Gasteiger partial charge on any atom is -0.457 e. The third-order valence-corrected chi connectivity index (χ3v) is 4.52. The predicted molar refractivity (Wildman–Crippen MR) is 112 cm³/mol. The van der Waals surface area contributed by atoms with Gasteiger partial charge in [0.05, 0.1) is 0 Å². The number of amides is 1. The average Bonchev–Trinajstić information content (AvgIpc) is 3.24. The summed E-state index contributed by atoms with van der Waals surface area (Å²) in [6, 6.07) is 15.7. The van der Waals surface area contributed by atoms with Crippen LogP contribution >= 0.6 is 0 Å². The van der Waals surface area contributed by atoms with Gasteiger partial charge in [0, 0.05) is 43.5 Å². The third-order valence-electron chi connectivity index (χ3n) is 4.52. The SMILES string of the molecule is CN(CCc1ncccn1)C(=O)c1cccc(Oc2ccc(-c3noc(=O)[nH]3)cc2)c1. The zero-order chi connectivity index (χ0) is 21.6. The van der Waals surface area contributed by atoms with Gasteiger partial charge in [-0.25, -0.2) is 14.8 Å². The quantitative estimate of drug-likeness (QED) is 0.492. The van der Waals surface area contributed by atoms with Crippen LogP contribution in [0.3, 0.4) is 0 Å². The molecular formula is C22H19N5O4. The first kappa shape index (κ1) is 20.0. The number of H-pyrrole nitrogens is 1. The molecule has 0 unspecified atom stereocenters. The molecule has 0 radical (unpaired) electrons. The second-order valence-electron chi connectivity index (χ2n) is 6.74. The van der Waals surface area contributed by atoms with Crippen molar-refractivity contribution in [3.05, 3.63) is 88.9 Å². The average molecular weight is 417 g/mol. The van der Waals surface area contributed by atoms with Gasteiger partial charge in [0.1, 0.15) is 17.3 Å². The fraction of sp³-hybridized carbons (Fsp3) is 0.136. The number of carbonyl (C=O) groups excluding carboxylic acids is 1. The molecule has 2 heterocycles. The molecule has 0 saturated carbocycles. The summed E-state index contributed by atoms with van der Waals surface area (Å²) >= 11 is 0. The molecule has 4 rings (SSSR count). The van der Waals surface area contributed by atoms with Gasteiger partial charge in [-0.1, -0.05) is 11.2 Å². The summed E-state index contributed by atoms with van der Waals surface area (Å²) in [4.78, 5) is 36.3. The molecule has 0 bridgehead atoms. The monoisotopic (exact) mass is 417 g/mol. The molecule has 156 valence electrons. The first-order valence-electron chi connectivity index (χ1n) is 9.54. The molecule has 0 aliphatic heterocycles. The Morgan fingerprint density at radius 2 is 1.84 bits per heavy atom. The molecule has 0 aliphatic carbocycles. The molecule has 2 aromatic carbocycles. The van der Waals surface area contributed by atoms with E-state index in [0.717, 1.165) is 0 Å². The fourth-order valence-corrected chi connectivity index (χ4v) is 2.91. The fourth-order valence-electron chi connectivity index (χ4n) is 2.91. The summed E-state index contributed by atoms with van der Waals surface area (Å²) in [6.07, 6.45) is 3.94. The number of aromatic amines is 1. The van der Waals surface area contributed by atoms with Crippen molar-refractivity contribution in [3.8, 4) is 22.9 Å². The number of aromatic nitrogens is 4. The van der Waals surface area contributed by atoms with Gasteiger partial charge < -0.3 is 9.64 Å². The van der Waals surface area contributed by atoms with Crippen molar-refractivity contribution in [2.75, 3.05) is 13.6 Å². The van der Waals surface area contributed by atoms with Crippen LogP contribution in [0.2, 0.25) is 0 Å². The van der Waals surface area contributed by atoms with Crippen molar-refractivity contribution in [1.82, 2.24) is 25.0 Å². The van der Waals surface area contributed by atoms with Crippen molar-refractivity contribution < 1.29 is 14.1 Å². The van der Waals surface area contributed by atoms with E-state index in [-0.39, 0.29) is 5.91 Å². The van der Waals surface area contributed by atoms with Gasteiger partial charge in [-0.15, -0.1) is 0 Å². The van der Waals surface area contributed by atoms with Crippen LogP contribution in [0.5, 0.6) is 11.5 Å². The van der Waals surface area contributed by atoms with Gasteiger partial charge in [-0.2, -0.15) is 0 Å². The van der Waals surface area contributed by atoms with Crippen molar-refractivity contribution in [1.29, 1.82) is 0 Å². The molecule has 0 saturated heterocycles. The van der Waals surface area contributed by atoms with Crippen LogP contribution in [0.15, 0.2) is 76.3 Å². The van der Waals surface area contributed by atoms with Crippen LogP contribution in [-0.2, 0) is 6.42 Å². The number of nitrogens with one attached hydrogen (secondary N) is 1. The minimum atomic E-state index is -0.613. The molecule has 2 aromatic heterocycles. The normalized spacial score (nSPS) is 10.6. The van der Waals surface area contributed by atoms with Crippen molar-refractivity contribution >= 4 is 5.91 Å². The second kappa shape index (κ2) is 9.04. The molecular weight excluding hydrogens is 398 g/mol. The van der Waals surface area contributed by atoms with E-state index in [1.54, 1.807) is 78.9 Å². The predicted octanol–water partition coefficient (Wildman–Crippen LogP) is 2.93. The highest BCUT2D eigenvalue weighted by molar-refractivity contribution is 5.94. The molecule has 9 heteroatoms. The van der Waals surface area contributed by atoms with Crippen molar-refractivity contribution in [2.45, 2.75) is 6.42 Å². The summed E-state index contributed by atoms with van der Waals surface area (Å²) in [6.45, 7) is 0.500. The third kappa shape index (κ3) is 5.02. The Balaban J connectivity index is 1.40. The lowest BCUT2D eigenvalue weighted by Crippen LogP contribution is -2.29. The number of carbonyl (C=O) groups is 1. The van der Waals surface area contributed by atoms with E-state index in [4.69, 9.17) is 4.74 Å². The Morgan fingerprint density at radius 1 is 1.06 bits per heavy atom. The van der Waals surface area contributed by atoms with Gasteiger partial charge >= 0.3 is 5.76 Å². The minimum absolute atomic E-state index is 0.119. The Morgan fingerprint density at radius 3 is 2.55 bits per heavy atom. The summed E-state index contributed by atoms with van der Waals surface area (Å²) < 4.78 is 10.4. The standard InChI is InChI=1S/C22H19N5O4/c1-27(13-10-19-23-11-3-12-24-19)21(28)16-4-2-5-18(14-16)30-17-8-6-15(7-9-17)20-25-22(29)31-26-20/h2-9,11-12,14H,10,13H2,1H3,(H,25,26,29). The van der Waals surface area contributed by atoms with Crippen LogP contribution in [0.1, 0.15) is 16.2 Å². The number of likely N-dealkylation sites (N-methyl/N-ethyl adjacent to an activating group) is 1. The van der Waals surface area contributed by atoms with E-state index in [9.17, 15) is 9.59 Å². The number of hydrogen-bond acceptors (Lipinski definition) is 7. The van der Waals surface area contributed by atoms with Crippen molar-refractivity contribution in [2.24, 2.45) is 0 Å². The maximum absolute atomic E-state index is 12.8. The van der Waals surface area contributed by atoms with E-state index < -0.39 is 5.76 Å². The smallest absolute Gasteiger partial charge is 0.439 e. The van der Waals surface area contributed by atoms with Crippen molar-refractivity contribution in [3.63, 3.8) is 0 Å². The summed E-state index contributed by atoms with van der Waals surface area (Å²) in [5.41, 5.74) is 1.21. The van der Waals surface area contributed by atoms with Gasteiger partial charge in [-0.05, 0) is 48.5 Å². The Bertz CT molecular complexity index is 1220. The summed E-state index contributed by atoms with van der Waals surface area (Å²) in [5.74, 6) is 1.41. The van der Waals surface area contributed by atoms with E-state index >= 15 is 0 Å². The molecule has 0 fully saturated rings. The van der Waals surface area contributed by atoms with Crippen LogP contribution in [-0.4, -0.2) is 44.5 Å². The Hall–Kier alpha value is -4.27. The van der Waals surface area contributed by atoms with E-state index in [2.05, 4.69) is 24.6 Å². The number of benzene rings is 2. The Kier molecular flexibility index (Phi) is 5.84. The van der Waals surface area contributed by atoms with Gasteiger partial charge in [0.25, 0.3) is 5.91 Å². The molecule has 1 amide bonds. The highest BCUT2D eigenvalue weighted by Crippen LogP contribution is 2.25. The van der Waals surface area contributed by atoms with Gasteiger partial charge in [0.2, 0.25) is 0 Å². The molecule has 4 aromatic rings. The van der Waals surface area contributed by atoms with Crippen LogP contribution in [0.25, 0.3) is 11.4 Å². The van der Waals surface area contributed by atoms with E-state index in [1.165, 1.54) is 0 Å². The number of hydrogen-bond donors (Lipinski definition) is 1.